The highest BCUT2D eigenvalue weighted by Gasteiger charge is 2.13. The summed E-state index contributed by atoms with van der Waals surface area (Å²) >= 11 is 1.69. The lowest BCUT2D eigenvalue weighted by Crippen LogP contribution is -2.03. The van der Waals surface area contributed by atoms with Gasteiger partial charge in [-0.25, -0.2) is 4.98 Å². The van der Waals surface area contributed by atoms with Crippen LogP contribution in [0.5, 0.6) is 5.75 Å². The first-order valence-electron chi connectivity index (χ1n) is 9.42. The number of benzene rings is 2. The van der Waals surface area contributed by atoms with E-state index in [0.717, 1.165) is 34.0 Å². The van der Waals surface area contributed by atoms with E-state index in [-0.39, 0.29) is 5.78 Å². The lowest BCUT2D eigenvalue weighted by atomic mass is 10.1. The van der Waals surface area contributed by atoms with Gasteiger partial charge in [-0.15, -0.1) is 11.3 Å². The number of aryl methyl sites for hydroxylation is 3. The molecule has 1 aliphatic carbocycles. The minimum atomic E-state index is 0.0845. The van der Waals surface area contributed by atoms with Gasteiger partial charge < -0.3 is 4.74 Å². The minimum Gasteiger partial charge on any atom is -0.493 e. The number of hydrogen-bond donors (Lipinski definition) is 0. The van der Waals surface area contributed by atoms with Gasteiger partial charge in [0.2, 0.25) is 0 Å². The number of aromatic nitrogens is 1. The molecule has 3 aromatic rings. The van der Waals surface area contributed by atoms with Gasteiger partial charge in [0.25, 0.3) is 0 Å². The fourth-order valence-electron chi connectivity index (χ4n) is 3.53. The quantitative estimate of drug-likeness (QED) is 0.538. The second-order valence-corrected chi connectivity index (χ2v) is 8.24. The molecule has 2 aromatic carbocycles. The fourth-order valence-corrected chi connectivity index (χ4v) is 4.50. The van der Waals surface area contributed by atoms with Crippen LogP contribution in [0.15, 0.2) is 42.5 Å². The molecule has 0 unspecified atom stereocenters. The van der Waals surface area contributed by atoms with E-state index in [2.05, 4.69) is 25.1 Å². The van der Waals surface area contributed by atoms with Crippen molar-refractivity contribution in [2.45, 2.75) is 39.5 Å². The Hall–Kier alpha value is -2.46. The van der Waals surface area contributed by atoms with E-state index in [0.29, 0.717) is 6.61 Å². The van der Waals surface area contributed by atoms with Crippen LogP contribution in [-0.2, 0) is 19.3 Å². The fraction of sp³-hybridized carbons (Fsp3) is 0.304. The van der Waals surface area contributed by atoms with Gasteiger partial charge in [0.05, 0.1) is 12.3 Å². The predicted octanol–water partition coefficient (Wildman–Crippen LogP) is 5.43. The number of carbonyl (C=O) groups excluding carboxylic acids is 1. The summed E-state index contributed by atoms with van der Waals surface area (Å²) in [6.45, 7) is 4.32. The Morgan fingerprint density at radius 3 is 2.67 bits per heavy atom. The molecule has 138 valence electrons. The average molecular weight is 378 g/mol. The van der Waals surface area contributed by atoms with E-state index in [1.54, 1.807) is 18.3 Å². The molecule has 1 aromatic heterocycles. The van der Waals surface area contributed by atoms with Crippen LogP contribution >= 0.6 is 11.3 Å². The van der Waals surface area contributed by atoms with Crippen molar-refractivity contribution in [1.82, 2.24) is 4.98 Å². The number of ketones is 1. The number of rotatable bonds is 6. The van der Waals surface area contributed by atoms with Crippen molar-refractivity contribution in [2.75, 3.05) is 6.61 Å². The van der Waals surface area contributed by atoms with E-state index in [9.17, 15) is 4.79 Å². The first-order chi connectivity index (χ1) is 13.1. The summed E-state index contributed by atoms with van der Waals surface area (Å²) < 4.78 is 5.97. The largest absolute Gasteiger partial charge is 0.493 e. The third kappa shape index (κ3) is 3.96. The Bertz CT molecular complexity index is 973. The van der Waals surface area contributed by atoms with Crippen LogP contribution in [0, 0.1) is 6.92 Å². The third-order valence-corrected chi connectivity index (χ3v) is 6.17. The van der Waals surface area contributed by atoms with Crippen LogP contribution in [0.2, 0.25) is 0 Å². The summed E-state index contributed by atoms with van der Waals surface area (Å²) in [6, 6.07) is 14.2. The monoisotopic (exact) mass is 377 g/mol. The summed E-state index contributed by atoms with van der Waals surface area (Å²) in [5.74, 6) is 1.05. The zero-order chi connectivity index (χ0) is 18.8. The molecule has 0 radical (unpaired) electrons. The number of nitrogens with zero attached hydrogens (tertiary/aromatic N) is 1. The molecule has 1 heterocycles. The van der Waals surface area contributed by atoms with Crippen molar-refractivity contribution in [3.05, 3.63) is 69.7 Å². The van der Waals surface area contributed by atoms with E-state index in [4.69, 9.17) is 9.72 Å². The van der Waals surface area contributed by atoms with Crippen LogP contribution in [0.1, 0.15) is 45.4 Å². The third-order valence-electron chi connectivity index (χ3n) is 5.11. The molecule has 4 heteroatoms. The van der Waals surface area contributed by atoms with Crippen LogP contribution in [0.3, 0.4) is 0 Å². The molecular weight excluding hydrogens is 354 g/mol. The van der Waals surface area contributed by atoms with Gasteiger partial charge >= 0.3 is 0 Å². The summed E-state index contributed by atoms with van der Waals surface area (Å²) in [5.41, 5.74) is 5.78. The maximum Gasteiger partial charge on any atom is 0.159 e. The molecule has 0 N–H and O–H groups in total. The molecule has 0 aliphatic heterocycles. The van der Waals surface area contributed by atoms with E-state index < -0.39 is 0 Å². The Morgan fingerprint density at radius 1 is 1.11 bits per heavy atom. The Kier molecular flexibility index (Phi) is 5.08. The molecule has 0 saturated carbocycles. The molecular formula is C23H23NO2S. The highest BCUT2D eigenvalue weighted by molar-refractivity contribution is 7.15. The summed E-state index contributed by atoms with van der Waals surface area (Å²) in [6.07, 6.45) is 4.42. The molecule has 0 amide bonds. The first-order valence-corrected chi connectivity index (χ1v) is 10.2. The molecule has 0 spiro atoms. The maximum atomic E-state index is 11.4. The van der Waals surface area contributed by atoms with Crippen LogP contribution in [0.25, 0.3) is 10.6 Å². The normalized spacial score (nSPS) is 12.8. The van der Waals surface area contributed by atoms with Crippen LogP contribution in [0.4, 0.5) is 0 Å². The predicted molar refractivity (Wildman–Crippen MR) is 110 cm³/mol. The van der Waals surface area contributed by atoms with E-state index in [1.165, 1.54) is 35.3 Å². The SMILES string of the molecule is CC(=O)c1ccc(-c2nc(CCOc3ccc4c(c3)CCC4)c(C)s2)cc1. The van der Waals surface area contributed by atoms with Gasteiger partial charge in [-0.2, -0.15) is 0 Å². The summed E-state index contributed by atoms with van der Waals surface area (Å²) in [7, 11) is 0. The van der Waals surface area contributed by atoms with Gasteiger partial charge in [-0.05, 0) is 56.4 Å². The number of hydrogen-bond acceptors (Lipinski definition) is 4. The van der Waals surface area contributed by atoms with Crippen LogP contribution < -0.4 is 4.74 Å². The first kappa shape index (κ1) is 17.9. The minimum absolute atomic E-state index is 0.0845. The molecule has 1 aliphatic rings. The summed E-state index contributed by atoms with van der Waals surface area (Å²) in [4.78, 5) is 17.4. The average Bonchev–Trinajstić information content (AvgIpc) is 3.28. The van der Waals surface area contributed by atoms with Crippen molar-refractivity contribution in [2.24, 2.45) is 0 Å². The molecule has 0 fully saturated rings. The molecule has 3 nitrogen and oxygen atoms in total. The number of Topliss-reactive ketones (excluding diaryl/α,β-unsaturated/α-hetero) is 1. The Morgan fingerprint density at radius 2 is 1.89 bits per heavy atom. The van der Waals surface area contributed by atoms with Crippen molar-refractivity contribution >= 4 is 17.1 Å². The van der Waals surface area contributed by atoms with E-state index >= 15 is 0 Å². The molecule has 0 atom stereocenters. The van der Waals surface area contributed by atoms with Gasteiger partial charge in [0.1, 0.15) is 10.8 Å². The second kappa shape index (κ2) is 7.65. The smallest absolute Gasteiger partial charge is 0.159 e. The summed E-state index contributed by atoms with van der Waals surface area (Å²) in [5, 5.41) is 0.995. The van der Waals surface area contributed by atoms with Crippen molar-refractivity contribution < 1.29 is 9.53 Å². The maximum absolute atomic E-state index is 11.4. The molecule has 0 saturated heterocycles. The Labute approximate surface area is 164 Å². The number of carbonyl (C=O) groups is 1. The second-order valence-electron chi connectivity index (χ2n) is 7.04. The molecule has 0 bridgehead atoms. The number of fused-ring (bicyclic) bond motifs is 1. The van der Waals surface area contributed by atoms with Gasteiger partial charge in [-0.1, -0.05) is 30.3 Å². The molecule has 4 rings (SSSR count). The van der Waals surface area contributed by atoms with Crippen molar-refractivity contribution in [3.63, 3.8) is 0 Å². The van der Waals surface area contributed by atoms with Gasteiger partial charge in [-0.3, -0.25) is 4.79 Å². The highest BCUT2D eigenvalue weighted by Crippen LogP contribution is 2.29. The topological polar surface area (TPSA) is 39.2 Å². The molecule has 27 heavy (non-hydrogen) atoms. The number of ether oxygens (including phenoxy) is 1. The Balaban J connectivity index is 1.40. The number of thiazole rings is 1. The standard InChI is InChI=1S/C23H23NO2S/c1-15(25)17-6-8-19(9-7-17)23-24-22(16(2)27-23)12-13-26-21-11-10-18-4-3-5-20(18)14-21/h6-11,14H,3-5,12-13H2,1-2H3. The van der Waals surface area contributed by atoms with Crippen molar-refractivity contribution in [1.29, 1.82) is 0 Å². The van der Waals surface area contributed by atoms with Crippen molar-refractivity contribution in [3.8, 4) is 16.3 Å². The highest BCUT2D eigenvalue weighted by atomic mass is 32.1. The van der Waals surface area contributed by atoms with Crippen LogP contribution in [-0.4, -0.2) is 17.4 Å². The zero-order valence-corrected chi connectivity index (χ0v) is 16.6. The van der Waals surface area contributed by atoms with Gasteiger partial charge in [0.15, 0.2) is 5.78 Å². The van der Waals surface area contributed by atoms with Gasteiger partial charge in [0, 0.05) is 22.4 Å². The van der Waals surface area contributed by atoms with E-state index in [1.807, 2.05) is 24.3 Å². The lowest BCUT2D eigenvalue weighted by Gasteiger charge is -2.07. The zero-order valence-electron chi connectivity index (χ0n) is 15.7. The lowest BCUT2D eigenvalue weighted by molar-refractivity contribution is 0.101.